The molecule has 1 rings (SSSR count). The molecule has 1 atom stereocenters. The van der Waals surface area contributed by atoms with Crippen LogP contribution in [0.15, 0.2) is 35.5 Å². The third-order valence-electron chi connectivity index (χ3n) is 2.54. The molecule has 1 aromatic rings. The van der Waals surface area contributed by atoms with E-state index in [1.165, 1.54) is 13.3 Å². The van der Waals surface area contributed by atoms with E-state index in [9.17, 15) is 9.90 Å². The van der Waals surface area contributed by atoms with Gasteiger partial charge in [-0.2, -0.15) is 0 Å². The summed E-state index contributed by atoms with van der Waals surface area (Å²) in [5.74, 6) is -0.941. The summed E-state index contributed by atoms with van der Waals surface area (Å²) in [6, 6.07) is 9.01. The highest BCUT2D eigenvalue weighted by Gasteiger charge is 2.38. The van der Waals surface area contributed by atoms with Crippen LogP contribution in [0, 0.1) is 0 Å². The molecule has 0 bridgehead atoms. The zero-order valence-corrected chi connectivity index (χ0v) is 11.1. The summed E-state index contributed by atoms with van der Waals surface area (Å²) in [7, 11) is 1.39. The van der Waals surface area contributed by atoms with Crippen LogP contribution in [0.2, 0.25) is 0 Å². The first-order valence-corrected chi connectivity index (χ1v) is 6.22. The maximum atomic E-state index is 11.6. The number of carbonyl (C=O) groups is 1. The minimum absolute atomic E-state index is 0.402. The molecule has 0 aliphatic heterocycles. The monoisotopic (exact) mass is 299 g/mol. The van der Waals surface area contributed by atoms with Crippen LogP contribution in [0.25, 0.3) is 0 Å². The maximum absolute atomic E-state index is 11.6. The van der Waals surface area contributed by atoms with Crippen molar-refractivity contribution in [3.63, 3.8) is 0 Å². The number of carboxylic acid groups (broad SMARTS) is 1. The molecule has 0 radical (unpaired) electrons. The zero-order chi connectivity index (χ0) is 12.7. The lowest BCUT2D eigenvalue weighted by Crippen LogP contribution is -2.38. The van der Waals surface area contributed by atoms with Gasteiger partial charge >= 0.3 is 5.97 Å². The van der Waals surface area contributed by atoms with E-state index in [1.54, 1.807) is 12.1 Å². The molecule has 0 amide bonds. The van der Waals surface area contributed by atoms with Gasteiger partial charge in [-0.3, -0.25) is 4.79 Å². The quantitative estimate of drug-likeness (QED) is 0.498. The van der Waals surface area contributed by atoms with Crippen LogP contribution in [0.1, 0.15) is 12.0 Å². The van der Waals surface area contributed by atoms with Crippen molar-refractivity contribution in [3.8, 4) is 0 Å². The van der Waals surface area contributed by atoms with Crippen molar-refractivity contribution in [1.29, 1.82) is 0 Å². The van der Waals surface area contributed by atoms with Crippen molar-refractivity contribution in [2.24, 2.45) is 5.16 Å². The zero-order valence-electron chi connectivity index (χ0n) is 9.47. The van der Waals surface area contributed by atoms with E-state index in [0.717, 1.165) is 0 Å². The van der Waals surface area contributed by atoms with E-state index in [0.29, 0.717) is 17.3 Å². The fourth-order valence-electron chi connectivity index (χ4n) is 1.60. The molecule has 4 nitrogen and oxygen atoms in total. The Balaban J connectivity index is 3.24. The SMILES string of the molecule is CON=CC(CCBr)(C(=O)O)c1ccccc1. The largest absolute Gasteiger partial charge is 0.480 e. The van der Waals surface area contributed by atoms with E-state index in [2.05, 4.69) is 25.9 Å². The van der Waals surface area contributed by atoms with Gasteiger partial charge < -0.3 is 9.94 Å². The summed E-state index contributed by atoms with van der Waals surface area (Å²) in [6.07, 6.45) is 1.74. The highest BCUT2D eigenvalue weighted by Crippen LogP contribution is 2.27. The first-order valence-electron chi connectivity index (χ1n) is 5.10. The molecule has 0 fully saturated rings. The van der Waals surface area contributed by atoms with Crippen LogP contribution < -0.4 is 0 Å². The van der Waals surface area contributed by atoms with Crippen molar-refractivity contribution >= 4 is 28.1 Å². The van der Waals surface area contributed by atoms with Crippen molar-refractivity contribution < 1.29 is 14.7 Å². The second-order valence-corrected chi connectivity index (χ2v) is 4.29. The van der Waals surface area contributed by atoms with E-state index >= 15 is 0 Å². The molecule has 0 saturated heterocycles. The summed E-state index contributed by atoms with van der Waals surface area (Å²) in [5, 5.41) is 13.7. The molecule has 0 saturated carbocycles. The summed E-state index contributed by atoms with van der Waals surface area (Å²) >= 11 is 3.28. The second-order valence-electron chi connectivity index (χ2n) is 3.50. The van der Waals surface area contributed by atoms with Gasteiger partial charge in [0, 0.05) is 5.33 Å². The van der Waals surface area contributed by atoms with Crippen LogP contribution in [-0.4, -0.2) is 29.7 Å². The Morgan fingerprint density at radius 1 is 1.53 bits per heavy atom. The molecule has 0 spiro atoms. The van der Waals surface area contributed by atoms with Crippen molar-refractivity contribution in [2.45, 2.75) is 11.8 Å². The van der Waals surface area contributed by atoms with Crippen LogP contribution in [-0.2, 0) is 15.0 Å². The minimum Gasteiger partial charge on any atom is -0.480 e. The fraction of sp³-hybridized carbons (Fsp3) is 0.333. The highest BCUT2D eigenvalue weighted by molar-refractivity contribution is 9.09. The lowest BCUT2D eigenvalue weighted by Gasteiger charge is -2.24. The Morgan fingerprint density at radius 2 is 2.18 bits per heavy atom. The van der Waals surface area contributed by atoms with Crippen LogP contribution in [0.5, 0.6) is 0 Å². The van der Waals surface area contributed by atoms with E-state index in [1.807, 2.05) is 18.2 Å². The number of halogens is 1. The predicted molar refractivity (Wildman–Crippen MR) is 69.7 cm³/mol. The van der Waals surface area contributed by atoms with E-state index < -0.39 is 11.4 Å². The third-order valence-corrected chi connectivity index (χ3v) is 2.93. The third kappa shape index (κ3) is 3.06. The summed E-state index contributed by atoms with van der Waals surface area (Å²) < 4.78 is 0. The van der Waals surface area contributed by atoms with Gasteiger partial charge in [0.15, 0.2) is 0 Å². The number of hydrogen-bond donors (Lipinski definition) is 1. The molecule has 0 heterocycles. The number of alkyl halides is 1. The summed E-state index contributed by atoms with van der Waals surface area (Å²) in [5.41, 5.74) is -0.464. The standard InChI is InChI=1S/C12H14BrNO3/c1-17-14-9-12(7-8-13,11(15)16)10-5-3-2-4-6-10/h2-6,9H,7-8H2,1H3,(H,15,16). The first-order chi connectivity index (χ1) is 8.17. The molecule has 1 aromatic carbocycles. The van der Waals surface area contributed by atoms with E-state index in [-0.39, 0.29) is 0 Å². The van der Waals surface area contributed by atoms with Crippen LogP contribution >= 0.6 is 15.9 Å². The van der Waals surface area contributed by atoms with Gasteiger partial charge in [-0.05, 0) is 12.0 Å². The van der Waals surface area contributed by atoms with Gasteiger partial charge in [0.1, 0.15) is 12.5 Å². The predicted octanol–water partition coefficient (Wildman–Crippen LogP) is 2.43. The minimum atomic E-state index is -1.15. The lowest BCUT2D eigenvalue weighted by atomic mass is 9.79. The van der Waals surface area contributed by atoms with Crippen LogP contribution in [0.3, 0.4) is 0 Å². The normalized spacial score (nSPS) is 14.5. The molecule has 92 valence electrons. The summed E-state index contributed by atoms with van der Waals surface area (Å²) in [4.78, 5) is 16.2. The number of aliphatic carboxylic acids is 1. The van der Waals surface area contributed by atoms with Gasteiger partial charge in [-0.1, -0.05) is 51.4 Å². The molecule has 17 heavy (non-hydrogen) atoms. The van der Waals surface area contributed by atoms with Crippen molar-refractivity contribution in [2.75, 3.05) is 12.4 Å². The number of nitrogens with zero attached hydrogens (tertiary/aromatic N) is 1. The van der Waals surface area contributed by atoms with Gasteiger partial charge in [0.2, 0.25) is 0 Å². The van der Waals surface area contributed by atoms with E-state index in [4.69, 9.17) is 0 Å². The second kappa shape index (κ2) is 6.39. The number of benzene rings is 1. The molecule has 1 unspecified atom stereocenters. The molecule has 0 aliphatic carbocycles. The summed E-state index contributed by atoms with van der Waals surface area (Å²) in [6.45, 7) is 0. The fourth-order valence-corrected chi connectivity index (χ4v) is 2.22. The Labute approximate surface area is 108 Å². The smallest absolute Gasteiger partial charge is 0.319 e. The molecule has 5 heteroatoms. The first kappa shape index (κ1) is 13.7. The average molecular weight is 300 g/mol. The number of hydrogen-bond acceptors (Lipinski definition) is 3. The molecular weight excluding hydrogens is 286 g/mol. The molecule has 1 N–H and O–H groups in total. The number of carboxylic acids is 1. The molecule has 0 aromatic heterocycles. The molecular formula is C12H14BrNO3. The van der Waals surface area contributed by atoms with Gasteiger partial charge in [-0.25, -0.2) is 0 Å². The van der Waals surface area contributed by atoms with Gasteiger partial charge in [-0.15, -0.1) is 0 Å². The van der Waals surface area contributed by atoms with Gasteiger partial charge in [0.05, 0.1) is 6.21 Å². The topological polar surface area (TPSA) is 58.9 Å². The number of oxime groups is 1. The Hall–Kier alpha value is -1.36. The van der Waals surface area contributed by atoms with Gasteiger partial charge in [0.25, 0.3) is 0 Å². The Kier molecular flexibility index (Phi) is 5.15. The van der Waals surface area contributed by atoms with Crippen molar-refractivity contribution in [3.05, 3.63) is 35.9 Å². The maximum Gasteiger partial charge on any atom is 0.319 e. The average Bonchev–Trinajstić information content (AvgIpc) is 2.35. The van der Waals surface area contributed by atoms with Crippen LogP contribution in [0.4, 0.5) is 0 Å². The molecule has 0 aliphatic rings. The Morgan fingerprint density at radius 3 is 2.65 bits per heavy atom. The van der Waals surface area contributed by atoms with Crippen molar-refractivity contribution in [1.82, 2.24) is 0 Å². The number of rotatable bonds is 6. The lowest BCUT2D eigenvalue weighted by molar-refractivity contribution is -0.141. The Bertz CT molecular complexity index is 394. The highest BCUT2D eigenvalue weighted by atomic mass is 79.9.